The Balaban J connectivity index is 2.42. The van der Waals surface area contributed by atoms with Crippen LogP contribution >= 0.6 is 0 Å². The van der Waals surface area contributed by atoms with E-state index in [2.05, 4.69) is 4.98 Å². The monoisotopic (exact) mass is 257 g/mol. The molecule has 0 bridgehead atoms. The zero-order valence-electron chi connectivity index (χ0n) is 10.9. The van der Waals surface area contributed by atoms with Crippen molar-refractivity contribution in [2.45, 2.75) is 13.8 Å². The minimum Gasteiger partial charge on any atom is -0.487 e. The van der Waals surface area contributed by atoms with Gasteiger partial charge in [-0.25, -0.2) is 9.78 Å². The SMILES string of the molecule is CC(C)=CCOc1cc2ccccc2nc1C(=O)O. The highest BCUT2D eigenvalue weighted by atomic mass is 16.5. The van der Waals surface area contributed by atoms with Gasteiger partial charge in [-0.05, 0) is 32.1 Å². The highest BCUT2D eigenvalue weighted by Crippen LogP contribution is 2.23. The third kappa shape index (κ3) is 3.10. The van der Waals surface area contributed by atoms with Gasteiger partial charge in [0, 0.05) is 5.39 Å². The molecular formula is C15H15NO3. The van der Waals surface area contributed by atoms with Crippen molar-refractivity contribution in [2.75, 3.05) is 6.61 Å². The summed E-state index contributed by atoms with van der Waals surface area (Å²) in [6.45, 7) is 4.25. The van der Waals surface area contributed by atoms with E-state index in [-0.39, 0.29) is 5.69 Å². The molecule has 98 valence electrons. The first-order chi connectivity index (χ1) is 9.08. The average molecular weight is 257 g/mol. The maximum atomic E-state index is 11.2. The van der Waals surface area contributed by atoms with E-state index in [1.807, 2.05) is 38.1 Å². The Morgan fingerprint density at radius 2 is 2.11 bits per heavy atom. The molecule has 19 heavy (non-hydrogen) atoms. The molecule has 1 aromatic carbocycles. The highest BCUT2D eigenvalue weighted by Gasteiger charge is 2.14. The Morgan fingerprint density at radius 1 is 1.37 bits per heavy atom. The van der Waals surface area contributed by atoms with Crippen LogP contribution in [0.5, 0.6) is 5.75 Å². The molecule has 0 radical (unpaired) electrons. The standard InChI is InChI=1S/C15H15NO3/c1-10(2)7-8-19-13-9-11-5-3-4-6-12(11)16-14(13)15(17)18/h3-7,9H,8H2,1-2H3,(H,17,18). The van der Waals surface area contributed by atoms with Crippen molar-refractivity contribution in [2.24, 2.45) is 0 Å². The fourth-order valence-corrected chi connectivity index (χ4v) is 1.66. The highest BCUT2D eigenvalue weighted by molar-refractivity contribution is 5.93. The smallest absolute Gasteiger partial charge is 0.358 e. The lowest BCUT2D eigenvalue weighted by Gasteiger charge is -2.08. The summed E-state index contributed by atoms with van der Waals surface area (Å²) in [6, 6.07) is 9.07. The normalized spacial score (nSPS) is 10.2. The average Bonchev–Trinajstić information content (AvgIpc) is 2.37. The number of pyridine rings is 1. The van der Waals surface area contributed by atoms with Gasteiger partial charge in [0.05, 0.1) is 5.52 Å². The predicted octanol–water partition coefficient (Wildman–Crippen LogP) is 3.28. The maximum absolute atomic E-state index is 11.2. The van der Waals surface area contributed by atoms with E-state index < -0.39 is 5.97 Å². The molecule has 0 aliphatic heterocycles. The summed E-state index contributed by atoms with van der Waals surface area (Å²) in [4.78, 5) is 15.3. The van der Waals surface area contributed by atoms with Crippen LogP contribution in [-0.2, 0) is 0 Å². The summed E-state index contributed by atoms with van der Waals surface area (Å²) < 4.78 is 5.50. The second kappa shape index (κ2) is 5.52. The molecular weight excluding hydrogens is 242 g/mol. The Bertz CT molecular complexity index is 643. The van der Waals surface area contributed by atoms with Crippen molar-refractivity contribution in [1.29, 1.82) is 0 Å². The van der Waals surface area contributed by atoms with Crippen molar-refractivity contribution in [3.05, 3.63) is 47.7 Å². The molecule has 0 fully saturated rings. The number of benzene rings is 1. The summed E-state index contributed by atoms with van der Waals surface area (Å²) in [7, 11) is 0. The summed E-state index contributed by atoms with van der Waals surface area (Å²) in [6.07, 6.45) is 1.89. The third-order valence-corrected chi connectivity index (χ3v) is 2.62. The van der Waals surface area contributed by atoms with Gasteiger partial charge in [0.15, 0.2) is 11.4 Å². The van der Waals surface area contributed by atoms with Gasteiger partial charge in [0.2, 0.25) is 0 Å². The van der Waals surface area contributed by atoms with Gasteiger partial charge in [-0.1, -0.05) is 23.8 Å². The molecule has 1 aromatic heterocycles. The van der Waals surface area contributed by atoms with E-state index >= 15 is 0 Å². The van der Waals surface area contributed by atoms with Gasteiger partial charge in [-0.15, -0.1) is 0 Å². The minimum absolute atomic E-state index is 0.0548. The number of aromatic nitrogens is 1. The number of nitrogens with zero attached hydrogens (tertiary/aromatic N) is 1. The molecule has 0 unspecified atom stereocenters. The molecule has 1 N–H and O–H groups in total. The number of aromatic carboxylic acids is 1. The van der Waals surface area contributed by atoms with Crippen molar-refractivity contribution in [1.82, 2.24) is 4.98 Å². The molecule has 2 aromatic rings. The first-order valence-electron chi connectivity index (χ1n) is 5.97. The van der Waals surface area contributed by atoms with E-state index in [0.717, 1.165) is 11.0 Å². The molecule has 0 saturated carbocycles. The van der Waals surface area contributed by atoms with Crippen LogP contribution in [0.15, 0.2) is 42.0 Å². The van der Waals surface area contributed by atoms with E-state index in [1.165, 1.54) is 0 Å². The third-order valence-electron chi connectivity index (χ3n) is 2.62. The molecule has 0 aliphatic rings. The molecule has 0 atom stereocenters. The molecule has 0 saturated heterocycles. The number of carboxylic acid groups (broad SMARTS) is 1. The van der Waals surface area contributed by atoms with Gasteiger partial charge in [0.25, 0.3) is 0 Å². The summed E-state index contributed by atoms with van der Waals surface area (Å²) in [5.41, 5.74) is 1.71. The van der Waals surface area contributed by atoms with Gasteiger partial charge in [-0.2, -0.15) is 0 Å². The first kappa shape index (κ1) is 13.1. The van der Waals surface area contributed by atoms with Gasteiger partial charge < -0.3 is 9.84 Å². The number of fused-ring (bicyclic) bond motifs is 1. The van der Waals surface area contributed by atoms with Gasteiger partial charge >= 0.3 is 5.97 Å². The number of carboxylic acids is 1. The number of hydrogen-bond acceptors (Lipinski definition) is 3. The van der Waals surface area contributed by atoms with Crippen LogP contribution in [0.1, 0.15) is 24.3 Å². The van der Waals surface area contributed by atoms with Crippen LogP contribution in [0.25, 0.3) is 10.9 Å². The molecule has 0 spiro atoms. The van der Waals surface area contributed by atoms with Gasteiger partial charge in [-0.3, -0.25) is 0 Å². The summed E-state index contributed by atoms with van der Waals surface area (Å²) >= 11 is 0. The van der Waals surface area contributed by atoms with Crippen LogP contribution in [-0.4, -0.2) is 22.7 Å². The number of rotatable bonds is 4. The van der Waals surface area contributed by atoms with Crippen molar-refractivity contribution < 1.29 is 14.6 Å². The molecule has 4 heteroatoms. The Kier molecular flexibility index (Phi) is 3.80. The van der Waals surface area contributed by atoms with Crippen LogP contribution in [0.3, 0.4) is 0 Å². The number of ether oxygens (including phenoxy) is 1. The minimum atomic E-state index is -1.09. The van der Waals surface area contributed by atoms with Crippen LogP contribution in [0.2, 0.25) is 0 Å². The molecule has 0 amide bonds. The Morgan fingerprint density at radius 3 is 2.79 bits per heavy atom. The van der Waals surface area contributed by atoms with E-state index in [0.29, 0.717) is 17.9 Å². The lowest BCUT2D eigenvalue weighted by Crippen LogP contribution is -2.06. The van der Waals surface area contributed by atoms with Gasteiger partial charge in [0.1, 0.15) is 6.61 Å². The van der Waals surface area contributed by atoms with Crippen LogP contribution < -0.4 is 4.74 Å². The molecule has 1 heterocycles. The zero-order chi connectivity index (χ0) is 13.8. The fourth-order valence-electron chi connectivity index (χ4n) is 1.66. The number of para-hydroxylation sites is 1. The number of allylic oxidation sites excluding steroid dienone is 1. The second-order valence-corrected chi connectivity index (χ2v) is 4.43. The Labute approximate surface area is 111 Å². The number of hydrogen-bond donors (Lipinski definition) is 1. The van der Waals surface area contributed by atoms with E-state index in [9.17, 15) is 9.90 Å². The molecule has 4 nitrogen and oxygen atoms in total. The summed E-state index contributed by atoms with van der Waals surface area (Å²) in [5, 5.41) is 10.0. The maximum Gasteiger partial charge on any atom is 0.358 e. The topological polar surface area (TPSA) is 59.4 Å². The van der Waals surface area contributed by atoms with E-state index in [1.54, 1.807) is 12.1 Å². The first-order valence-corrected chi connectivity index (χ1v) is 5.97. The predicted molar refractivity (Wildman–Crippen MR) is 73.6 cm³/mol. The van der Waals surface area contributed by atoms with E-state index in [4.69, 9.17) is 4.74 Å². The Hall–Kier alpha value is -2.36. The van der Waals surface area contributed by atoms with Crippen molar-refractivity contribution in [3.8, 4) is 5.75 Å². The van der Waals surface area contributed by atoms with Crippen LogP contribution in [0, 0.1) is 0 Å². The number of carbonyl (C=O) groups is 1. The van der Waals surface area contributed by atoms with Crippen LogP contribution in [0.4, 0.5) is 0 Å². The lowest BCUT2D eigenvalue weighted by atomic mass is 10.2. The van der Waals surface area contributed by atoms with Crippen molar-refractivity contribution in [3.63, 3.8) is 0 Å². The van der Waals surface area contributed by atoms with Crippen molar-refractivity contribution >= 4 is 16.9 Å². The zero-order valence-corrected chi connectivity index (χ0v) is 10.9. The molecule has 2 rings (SSSR count). The fraction of sp³-hybridized carbons (Fsp3) is 0.200. The second-order valence-electron chi connectivity index (χ2n) is 4.43. The molecule has 0 aliphatic carbocycles. The largest absolute Gasteiger partial charge is 0.487 e. The quantitative estimate of drug-likeness (QED) is 0.854. The lowest BCUT2D eigenvalue weighted by molar-refractivity contribution is 0.0686. The summed E-state index contributed by atoms with van der Waals surface area (Å²) in [5.74, 6) is -0.790.